The van der Waals surface area contributed by atoms with Gasteiger partial charge in [-0.15, -0.1) is 0 Å². The largest absolute Gasteiger partial charge is 0.356 e. The third kappa shape index (κ3) is 4.21. The lowest BCUT2D eigenvalue weighted by atomic mass is 10.0. The quantitative estimate of drug-likeness (QED) is 0.632. The molecule has 1 aromatic heterocycles. The Morgan fingerprint density at radius 2 is 1.68 bits per heavy atom. The zero-order valence-electron chi connectivity index (χ0n) is 17.2. The first kappa shape index (κ1) is 19.8. The molecule has 31 heavy (non-hydrogen) atoms. The van der Waals surface area contributed by atoms with Crippen LogP contribution in [-0.2, 0) is 13.0 Å². The third-order valence-corrected chi connectivity index (χ3v) is 6.11. The minimum absolute atomic E-state index is 0.118. The van der Waals surface area contributed by atoms with Crippen molar-refractivity contribution in [2.75, 3.05) is 29.9 Å². The van der Waals surface area contributed by atoms with E-state index in [0.717, 1.165) is 47.2 Å². The molecule has 2 aromatic carbocycles. The molecule has 0 unspecified atom stereocenters. The second-order valence-corrected chi connectivity index (χ2v) is 8.40. The number of benzene rings is 2. The molecule has 1 N–H and O–H groups in total. The Morgan fingerprint density at radius 3 is 2.42 bits per heavy atom. The lowest BCUT2D eigenvalue weighted by Gasteiger charge is -2.32. The number of halogens is 1. The molecule has 1 fully saturated rings. The molecular weight excluding hydrogens is 410 g/mol. The highest BCUT2D eigenvalue weighted by atomic mass is 35.5. The van der Waals surface area contributed by atoms with E-state index in [4.69, 9.17) is 21.6 Å². The molecule has 0 radical (unpaired) electrons. The van der Waals surface area contributed by atoms with Gasteiger partial charge in [-0.3, -0.25) is 0 Å². The molecule has 3 aromatic rings. The van der Waals surface area contributed by atoms with E-state index in [1.165, 1.54) is 12.8 Å². The van der Waals surface area contributed by atoms with E-state index in [1.807, 2.05) is 47.4 Å². The fourth-order valence-corrected chi connectivity index (χ4v) is 4.34. The van der Waals surface area contributed by atoms with Crippen LogP contribution < -0.4 is 10.2 Å². The Morgan fingerprint density at radius 1 is 0.935 bits per heavy atom. The smallest absolute Gasteiger partial charge is 0.322 e. The van der Waals surface area contributed by atoms with Gasteiger partial charge in [0.2, 0.25) is 0 Å². The van der Waals surface area contributed by atoms with Gasteiger partial charge in [0.25, 0.3) is 0 Å². The molecule has 0 atom stereocenters. The number of hydrogen-bond acceptors (Lipinski definition) is 4. The highest BCUT2D eigenvalue weighted by Crippen LogP contribution is 2.31. The van der Waals surface area contributed by atoms with Crippen molar-refractivity contribution in [2.45, 2.75) is 25.8 Å². The SMILES string of the molecule is O=C(Nc1ccc(Cl)cc1)N1CCc2nc(-c3ccccc3)nc(N3CCCC3)c2C1. The highest BCUT2D eigenvalue weighted by molar-refractivity contribution is 6.30. The van der Waals surface area contributed by atoms with Crippen LogP contribution >= 0.6 is 11.6 Å². The van der Waals surface area contributed by atoms with Crippen LogP contribution in [-0.4, -0.2) is 40.5 Å². The van der Waals surface area contributed by atoms with Crippen LogP contribution in [0.2, 0.25) is 5.02 Å². The average molecular weight is 434 g/mol. The number of anilines is 2. The molecule has 0 bridgehead atoms. The molecule has 1 saturated heterocycles. The zero-order chi connectivity index (χ0) is 21.2. The minimum Gasteiger partial charge on any atom is -0.356 e. The Kier molecular flexibility index (Phi) is 5.47. The van der Waals surface area contributed by atoms with Gasteiger partial charge in [0.05, 0.1) is 12.2 Å². The average Bonchev–Trinajstić information content (AvgIpc) is 3.35. The van der Waals surface area contributed by atoms with E-state index in [-0.39, 0.29) is 6.03 Å². The van der Waals surface area contributed by atoms with Crippen molar-refractivity contribution >= 4 is 29.1 Å². The summed E-state index contributed by atoms with van der Waals surface area (Å²) in [5, 5.41) is 3.61. The maximum atomic E-state index is 12.9. The Bertz CT molecular complexity index is 1080. The number of amides is 2. The molecular formula is C24H24ClN5O. The van der Waals surface area contributed by atoms with Crippen LogP contribution in [0.25, 0.3) is 11.4 Å². The number of fused-ring (bicyclic) bond motifs is 1. The lowest BCUT2D eigenvalue weighted by molar-refractivity contribution is 0.206. The normalized spacial score (nSPS) is 15.6. The minimum atomic E-state index is -0.118. The summed E-state index contributed by atoms with van der Waals surface area (Å²) in [7, 11) is 0. The lowest BCUT2D eigenvalue weighted by Crippen LogP contribution is -2.40. The Labute approximate surface area is 186 Å². The van der Waals surface area contributed by atoms with Crippen LogP contribution in [0.5, 0.6) is 0 Å². The number of aromatic nitrogens is 2. The van der Waals surface area contributed by atoms with E-state index in [0.29, 0.717) is 24.5 Å². The van der Waals surface area contributed by atoms with Gasteiger partial charge in [0.15, 0.2) is 5.82 Å². The number of rotatable bonds is 3. The molecule has 7 heteroatoms. The number of nitrogens with zero attached hydrogens (tertiary/aromatic N) is 4. The zero-order valence-corrected chi connectivity index (χ0v) is 18.0. The standard InChI is InChI=1S/C24H24ClN5O/c25-18-8-10-19(11-9-18)26-24(31)30-15-12-21-20(16-30)23(29-13-4-5-14-29)28-22(27-21)17-6-2-1-3-7-17/h1-3,6-11H,4-5,12-16H2,(H,26,31). The van der Waals surface area contributed by atoms with Crippen LogP contribution in [0.4, 0.5) is 16.3 Å². The van der Waals surface area contributed by atoms with Crippen molar-refractivity contribution in [1.82, 2.24) is 14.9 Å². The van der Waals surface area contributed by atoms with E-state index in [2.05, 4.69) is 10.2 Å². The molecule has 3 heterocycles. The molecule has 6 nitrogen and oxygen atoms in total. The molecule has 0 aliphatic carbocycles. The third-order valence-electron chi connectivity index (χ3n) is 5.86. The Balaban J connectivity index is 1.44. The van der Waals surface area contributed by atoms with Gasteiger partial charge in [-0.25, -0.2) is 14.8 Å². The van der Waals surface area contributed by atoms with Crippen LogP contribution in [0.15, 0.2) is 54.6 Å². The molecule has 0 saturated carbocycles. The van der Waals surface area contributed by atoms with E-state index in [1.54, 1.807) is 12.1 Å². The summed E-state index contributed by atoms with van der Waals surface area (Å²) >= 11 is 5.95. The number of carbonyl (C=O) groups is 1. The Hall–Kier alpha value is -3.12. The van der Waals surface area contributed by atoms with Gasteiger partial charge < -0.3 is 15.1 Å². The topological polar surface area (TPSA) is 61.4 Å². The van der Waals surface area contributed by atoms with Crippen LogP contribution in [0.3, 0.4) is 0 Å². The number of urea groups is 1. The first-order valence-corrected chi connectivity index (χ1v) is 11.1. The molecule has 2 aliphatic heterocycles. The van der Waals surface area contributed by atoms with Crippen molar-refractivity contribution in [3.8, 4) is 11.4 Å². The number of carbonyl (C=O) groups excluding carboxylic acids is 1. The summed E-state index contributed by atoms with van der Waals surface area (Å²) in [4.78, 5) is 26.9. The van der Waals surface area contributed by atoms with Crippen molar-refractivity contribution in [3.05, 3.63) is 70.9 Å². The predicted octanol–water partition coefficient (Wildman–Crippen LogP) is 4.99. The summed E-state index contributed by atoms with van der Waals surface area (Å²) in [6.07, 6.45) is 3.05. The van der Waals surface area contributed by atoms with Crippen LogP contribution in [0, 0.1) is 0 Å². The second kappa shape index (κ2) is 8.55. The van der Waals surface area contributed by atoms with Gasteiger partial charge in [-0.1, -0.05) is 41.9 Å². The van der Waals surface area contributed by atoms with Gasteiger partial charge in [-0.2, -0.15) is 0 Å². The van der Waals surface area contributed by atoms with Crippen LogP contribution in [0.1, 0.15) is 24.1 Å². The fraction of sp³-hybridized carbons (Fsp3) is 0.292. The van der Waals surface area contributed by atoms with Gasteiger partial charge in [0, 0.05) is 47.9 Å². The van der Waals surface area contributed by atoms with Gasteiger partial charge >= 0.3 is 6.03 Å². The summed E-state index contributed by atoms with van der Waals surface area (Å²) in [5.74, 6) is 1.74. The monoisotopic (exact) mass is 433 g/mol. The maximum absolute atomic E-state index is 12.9. The fourth-order valence-electron chi connectivity index (χ4n) is 4.21. The van der Waals surface area contributed by atoms with Crippen molar-refractivity contribution < 1.29 is 4.79 Å². The molecule has 5 rings (SSSR count). The maximum Gasteiger partial charge on any atom is 0.322 e. The number of hydrogen-bond donors (Lipinski definition) is 1. The summed E-state index contributed by atoms with van der Waals surface area (Å²) in [5.41, 5.74) is 3.87. The number of nitrogens with one attached hydrogen (secondary N) is 1. The van der Waals surface area contributed by atoms with Gasteiger partial charge in [0.1, 0.15) is 5.82 Å². The van der Waals surface area contributed by atoms with Crippen molar-refractivity contribution in [1.29, 1.82) is 0 Å². The highest BCUT2D eigenvalue weighted by Gasteiger charge is 2.29. The molecule has 2 amide bonds. The van der Waals surface area contributed by atoms with Gasteiger partial charge in [-0.05, 0) is 37.1 Å². The predicted molar refractivity (Wildman–Crippen MR) is 123 cm³/mol. The summed E-state index contributed by atoms with van der Waals surface area (Å²) in [6.45, 7) is 3.12. The second-order valence-electron chi connectivity index (χ2n) is 7.96. The van der Waals surface area contributed by atoms with E-state index < -0.39 is 0 Å². The first-order valence-electron chi connectivity index (χ1n) is 10.7. The van der Waals surface area contributed by atoms with Crippen molar-refractivity contribution in [3.63, 3.8) is 0 Å². The van der Waals surface area contributed by atoms with E-state index >= 15 is 0 Å². The van der Waals surface area contributed by atoms with Crippen molar-refractivity contribution in [2.24, 2.45) is 0 Å². The first-order chi connectivity index (χ1) is 15.2. The molecule has 2 aliphatic rings. The summed E-state index contributed by atoms with van der Waals surface area (Å²) < 4.78 is 0. The summed E-state index contributed by atoms with van der Waals surface area (Å²) in [6, 6.07) is 17.2. The van der Waals surface area contributed by atoms with E-state index in [9.17, 15) is 4.79 Å². The molecule has 158 valence electrons. The molecule has 0 spiro atoms.